The van der Waals surface area contributed by atoms with Crippen molar-refractivity contribution in [2.75, 3.05) is 25.5 Å². The summed E-state index contributed by atoms with van der Waals surface area (Å²) in [7, 11) is 3.87. The molecule has 2 aromatic carbocycles. The number of hydrogen-bond acceptors (Lipinski definition) is 6. The Balaban J connectivity index is 0.000000547. The Hall–Kier alpha value is -3.16. The van der Waals surface area contributed by atoms with Gasteiger partial charge in [-0.1, -0.05) is 63.2 Å². The van der Waals surface area contributed by atoms with Crippen molar-refractivity contribution < 1.29 is 9.59 Å². The number of hydrogen-bond donors (Lipinski definition) is 3. The molecule has 0 saturated carbocycles. The second-order valence-electron chi connectivity index (χ2n) is 7.09. The lowest BCUT2D eigenvalue weighted by atomic mass is 9.96. The van der Waals surface area contributed by atoms with Crippen LogP contribution >= 0.6 is 0 Å². The van der Waals surface area contributed by atoms with Crippen LogP contribution in [0.3, 0.4) is 0 Å². The number of carbonyl (C=O) groups is 2. The molecule has 2 aliphatic heterocycles. The summed E-state index contributed by atoms with van der Waals surface area (Å²) < 4.78 is 0. The molecule has 2 aliphatic rings. The van der Waals surface area contributed by atoms with Gasteiger partial charge in [0.25, 0.3) is 0 Å². The van der Waals surface area contributed by atoms with Gasteiger partial charge in [0, 0.05) is 31.0 Å². The second kappa shape index (κ2) is 12.6. The average Bonchev–Trinajstić information content (AvgIpc) is 3.22. The summed E-state index contributed by atoms with van der Waals surface area (Å²) in [5.41, 5.74) is 12.3. The molecule has 0 atom stereocenters. The molecule has 172 valence electrons. The molecular formula is C25H35N5O2. The highest BCUT2D eigenvalue weighted by Gasteiger charge is 2.30. The van der Waals surface area contributed by atoms with Crippen LogP contribution in [0.4, 0.5) is 5.69 Å². The molecule has 2 aromatic rings. The molecule has 7 nitrogen and oxygen atoms in total. The molecular weight excluding hydrogens is 402 g/mol. The van der Waals surface area contributed by atoms with Gasteiger partial charge in [-0.25, -0.2) is 0 Å². The first-order valence-corrected chi connectivity index (χ1v) is 11.2. The first-order chi connectivity index (χ1) is 15.6. The standard InChI is InChI=1S/C20H20N4O2.C3H9N.C2H6/c1-23-20-16-9-4-5-10-17(16)24(18(26)11-6-12-25)13-14-7-2-3-8-15(14)19(20)21-22-23;1-3-4-2;1-2/h2-5,7-10,12,21-22H,6,11,13H2,1H3;4H,3H2,1-2H3;1-2H3. The molecule has 7 heteroatoms. The van der Waals surface area contributed by atoms with Gasteiger partial charge in [-0.3, -0.25) is 9.80 Å². The zero-order chi connectivity index (χ0) is 23.5. The highest BCUT2D eigenvalue weighted by atomic mass is 16.2. The molecule has 0 fully saturated rings. The van der Waals surface area contributed by atoms with Crippen LogP contribution in [-0.4, -0.2) is 37.8 Å². The van der Waals surface area contributed by atoms with E-state index in [1.807, 2.05) is 75.4 Å². The van der Waals surface area contributed by atoms with Crippen LogP contribution < -0.4 is 21.2 Å². The van der Waals surface area contributed by atoms with Crippen molar-refractivity contribution in [3.05, 3.63) is 65.2 Å². The first kappa shape index (κ1) is 25.1. The van der Waals surface area contributed by atoms with E-state index in [0.717, 1.165) is 46.6 Å². The molecule has 2 heterocycles. The van der Waals surface area contributed by atoms with Crippen molar-refractivity contribution >= 4 is 29.3 Å². The molecule has 0 unspecified atom stereocenters. The highest BCUT2D eigenvalue weighted by molar-refractivity contribution is 6.02. The van der Waals surface area contributed by atoms with E-state index in [2.05, 4.69) is 29.3 Å². The number of amides is 1. The van der Waals surface area contributed by atoms with Crippen LogP contribution in [0, 0.1) is 0 Å². The van der Waals surface area contributed by atoms with E-state index in [0.29, 0.717) is 6.54 Å². The number of fused-ring (bicyclic) bond motifs is 4. The van der Waals surface area contributed by atoms with Gasteiger partial charge >= 0.3 is 0 Å². The van der Waals surface area contributed by atoms with Crippen LogP contribution in [0.15, 0.2) is 48.5 Å². The Kier molecular flexibility index (Phi) is 9.91. The van der Waals surface area contributed by atoms with Crippen molar-refractivity contribution in [2.24, 2.45) is 0 Å². The lowest BCUT2D eigenvalue weighted by Gasteiger charge is -2.30. The minimum atomic E-state index is -0.0510. The Morgan fingerprint density at radius 2 is 1.72 bits per heavy atom. The molecule has 0 radical (unpaired) electrons. The average molecular weight is 438 g/mol. The van der Waals surface area contributed by atoms with E-state index in [-0.39, 0.29) is 18.7 Å². The summed E-state index contributed by atoms with van der Waals surface area (Å²) >= 11 is 0. The third-order valence-electron chi connectivity index (χ3n) is 5.12. The fraction of sp³-hybridized carbons (Fsp3) is 0.360. The number of carbonyl (C=O) groups excluding carboxylic acids is 2. The van der Waals surface area contributed by atoms with Gasteiger partial charge in [-0.2, -0.15) is 0 Å². The molecule has 32 heavy (non-hydrogen) atoms. The van der Waals surface area contributed by atoms with Gasteiger partial charge in [-0.05, 0) is 25.2 Å². The van der Waals surface area contributed by atoms with Gasteiger partial charge < -0.3 is 20.4 Å². The topological polar surface area (TPSA) is 76.7 Å². The smallest absolute Gasteiger partial charge is 0.227 e. The number of anilines is 1. The Bertz CT molecular complexity index is 939. The van der Waals surface area contributed by atoms with E-state index in [4.69, 9.17) is 0 Å². The zero-order valence-corrected chi connectivity index (χ0v) is 19.7. The van der Waals surface area contributed by atoms with Gasteiger partial charge in [0.2, 0.25) is 5.91 Å². The van der Waals surface area contributed by atoms with Gasteiger partial charge in [0.15, 0.2) is 0 Å². The summed E-state index contributed by atoms with van der Waals surface area (Å²) in [5, 5.41) is 4.85. The molecule has 0 aromatic heterocycles. The Morgan fingerprint density at radius 1 is 1.09 bits per heavy atom. The summed E-state index contributed by atoms with van der Waals surface area (Å²) in [6.07, 6.45) is 1.23. The lowest BCUT2D eigenvalue weighted by Crippen LogP contribution is -2.34. The predicted octanol–water partition coefficient (Wildman–Crippen LogP) is 3.54. The van der Waals surface area contributed by atoms with E-state index >= 15 is 0 Å². The summed E-state index contributed by atoms with van der Waals surface area (Å²) in [4.78, 5) is 25.4. The van der Waals surface area contributed by atoms with Crippen molar-refractivity contribution in [1.29, 1.82) is 0 Å². The number of benzene rings is 2. The Morgan fingerprint density at radius 3 is 2.38 bits per heavy atom. The van der Waals surface area contributed by atoms with Crippen molar-refractivity contribution in [3.63, 3.8) is 0 Å². The fourth-order valence-corrected chi connectivity index (χ4v) is 3.54. The second-order valence-corrected chi connectivity index (χ2v) is 7.09. The molecule has 0 bridgehead atoms. The molecule has 1 amide bonds. The molecule has 4 rings (SSSR count). The van der Waals surface area contributed by atoms with E-state index in [1.165, 1.54) is 0 Å². The fourth-order valence-electron chi connectivity index (χ4n) is 3.54. The number of nitrogens with zero attached hydrogens (tertiary/aromatic N) is 2. The highest BCUT2D eigenvalue weighted by Crippen LogP contribution is 2.39. The van der Waals surface area contributed by atoms with Crippen LogP contribution in [0.1, 0.15) is 50.3 Å². The third kappa shape index (κ3) is 5.55. The monoisotopic (exact) mass is 437 g/mol. The maximum absolute atomic E-state index is 12.9. The zero-order valence-electron chi connectivity index (χ0n) is 19.7. The Labute approximate surface area is 191 Å². The van der Waals surface area contributed by atoms with E-state index < -0.39 is 0 Å². The predicted molar refractivity (Wildman–Crippen MR) is 131 cm³/mol. The van der Waals surface area contributed by atoms with Crippen molar-refractivity contribution in [3.8, 4) is 0 Å². The minimum absolute atomic E-state index is 0.0510. The van der Waals surface area contributed by atoms with Crippen LogP contribution in [-0.2, 0) is 16.1 Å². The lowest BCUT2D eigenvalue weighted by molar-refractivity contribution is -0.120. The van der Waals surface area contributed by atoms with E-state index in [9.17, 15) is 9.59 Å². The molecule has 0 aliphatic carbocycles. The molecule has 0 saturated heterocycles. The first-order valence-electron chi connectivity index (χ1n) is 11.2. The number of hydrazine groups is 2. The minimum Gasteiger partial charge on any atom is -0.320 e. The summed E-state index contributed by atoms with van der Waals surface area (Å²) in [6, 6.07) is 15.9. The quantitative estimate of drug-likeness (QED) is 0.635. The third-order valence-corrected chi connectivity index (χ3v) is 5.12. The number of para-hydroxylation sites is 1. The number of rotatable bonds is 4. The number of aldehydes is 1. The van der Waals surface area contributed by atoms with Crippen LogP contribution in [0.25, 0.3) is 11.4 Å². The normalized spacial score (nSPS) is 13.7. The molecule has 3 N–H and O–H groups in total. The maximum atomic E-state index is 12.9. The van der Waals surface area contributed by atoms with Crippen molar-refractivity contribution in [2.45, 2.75) is 40.2 Å². The molecule has 0 spiro atoms. The van der Waals surface area contributed by atoms with E-state index in [1.54, 1.807) is 4.90 Å². The van der Waals surface area contributed by atoms with Crippen molar-refractivity contribution in [1.82, 2.24) is 21.3 Å². The largest absolute Gasteiger partial charge is 0.320 e. The van der Waals surface area contributed by atoms with Crippen LogP contribution in [0.2, 0.25) is 0 Å². The summed E-state index contributed by atoms with van der Waals surface area (Å²) in [6.45, 7) is 7.60. The maximum Gasteiger partial charge on any atom is 0.227 e. The van der Waals surface area contributed by atoms with Gasteiger partial charge in [0.1, 0.15) is 6.29 Å². The summed E-state index contributed by atoms with van der Waals surface area (Å²) in [5.74, 6) is -0.0510. The van der Waals surface area contributed by atoms with Gasteiger partial charge in [-0.15, -0.1) is 5.53 Å². The number of nitrogens with one attached hydrogen (secondary N) is 3. The van der Waals surface area contributed by atoms with Crippen LogP contribution in [0.5, 0.6) is 0 Å². The SMILES string of the molecule is CC.CCNC.CN1NNC2=C1c1ccccc1N(C(=O)CCC=O)Cc1ccccc12. The van der Waals surface area contributed by atoms with Gasteiger partial charge in [0.05, 0.1) is 23.6 Å².